The third-order valence-corrected chi connectivity index (χ3v) is 6.98. The number of hydrogen-bond donors (Lipinski definition) is 1. The van der Waals surface area contributed by atoms with E-state index in [2.05, 4.69) is 69.2 Å². The first kappa shape index (κ1) is 24.6. The molecule has 6 heteroatoms. The average molecular weight is 527 g/mol. The first-order chi connectivity index (χ1) is 8.74. The van der Waals surface area contributed by atoms with Crippen LogP contribution in [0.1, 0.15) is 37.4 Å². The summed E-state index contributed by atoms with van der Waals surface area (Å²) in [5.41, 5.74) is 3.24. The van der Waals surface area contributed by atoms with Crippen molar-refractivity contribution in [3.8, 4) is 0 Å². The maximum Gasteiger partial charge on any atom is 0.135 e. The van der Waals surface area contributed by atoms with E-state index in [1.54, 1.807) is 7.11 Å². The van der Waals surface area contributed by atoms with Gasteiger partial charge in [-0.2, -0.15) is 0 Å². The summed E-state index contributed by atoms with van der Waals surface area (Å²) >= 11 is 0. The van der Waals surface area contributed by atoms with Crippen LogP contribution in [-0.4, -0.2) is 20.9 Å². The number of ether oxygens (including phenoxy) is 1. The first-order valence-corrected chi connectivity index (χ1v) is 9.96. The molecule has 0 amide bonds. The zero-order chi connectivity index (χ0) is 14.3. The van der Waals surface area contributed by atoms with E-state index in [-0.39, 0.29) is 56.2 Å². The van der Waals surface area contributed by atoms with E-state index in [0.29, 0.717) is 5.54 Å². The van der Waals surface area contributed by atoms with E-state index >= 15 is 0 Å². The van der Waals surface area contributed by atoms with Gasteiger partial charge in [-0.25, -0.2) is 0 Å². The Bertz CT molecular complexity index is 515. The molecule has 0 spiro atoms. The van der Waals surface area contributed by atoms with E-state index in [1.165, 1.54) is 11.1 Å². The van der Waals surface area contributed by atoms with Gasteiger partial charge in [-0.1, -0.05) is 37.4 Å². The molecule has 2 rings (SSSR count). The molecular formula is C16H27Cl2HfNOSi. The van der Waals surface area contributed by atoms with Crippen molar-refractivity contribution in [3.63, 3.8) is 0 Å². The van der Waals surface area contributed by atoms with Gasteiger partial charge >= 0.3 is 0 Å². The molecule has 1 aromatic rings. The normalized spacial score (nSPS) is 16.5. The monoisotopic (exact) mass is 527 g/mol. The molecule has 0 aromatic heterocycles. The summed E-state index contributed by atoms with van der Waals surface area (Å²) in [5, 5.41) is 0. The Morgan fingerprint density at radius 3 is 2.14 bits per heavy atom. The standard InChI is InChI=1S/C16H25NOSi.2ClH.Hf/c1-16(2,3)17-19(5,6)15-13-10-8-7-9-12(13)11-14(15)18-4;;;/h7-11,15,17H,1-6H3;2*1H;. The minimum absolute atomic E-state index is 0. The predicted octanol–water partition coefficient (Wildman–Crippen LogP) is 4.74. The molecule has 0 aliphatic heterocycles. The zero-order valence-corrected chi connectivity index (χ0v) is 20.4. The Balaban J connectivity index is 0. The maximum atomic E-state index is 5.66. The van der Waals surface area contributed by atoms with Gasteiger partial charge in [0.15, 0.2) is 0 Å². The smallest absolute Gasteiger partial charge is 0.135 e. The summed E-state index contributed by atoms with van der Waals surface area (Å²) in [6.45, 7) is 11.5. The molecule has 0 saturated carbocycles. The van der Waals surface area contributed by atoms with Gasteiger partial charge < -0.3 is 9.72 Å². The maximum absolute atomic E-state index is 5.66. The second-order valence-corrected chi connectivity index (χ2v) is 11.2. The summed E-state index contributed by atoms with van der Waals surface area (Å²) in [6, 6.07) is 8.63. The Hall–Kier alpha value is 0.387. The predicted molar refractivity (Wildman–Crippen MR) is 99.0 cm³/mol. The van der Waals surface area contributed by atoms with Crippen LogP contribution in [0, 0.1) is 0 Å². The third-order valence-electron chi connectivity index (χ3n) is 3.54. The number of fused-ring (bicyclic) bond motifs is 1. The van der Waals surface area contributed by atoms with Crippen molar-refractivity contribution < 1.29 is 30.6 Å². The van der Waals surface area contributed by atoms with Crippen molar-refractivity contribution in [1.29, 1.82) is 0 Å². The molecule has 1 aromatic carbocycles. The van der Waals surface area contributed by atoms with Gasteiger partial charge in [-0.05, 0) is 38.0 Å². The van der Waals surface area contributed by atoms with E-state index in [1.807, 2.05) is 0 Å². The van der Waals surface area contributed by atoms with Crippen molar-refractivity contribution in [1.82, 2.24) is 4.98 Å². The van der Waals surface area contributed by atoms with Crippen LogP contribution in [0.3, 0.4) is 0 Å². The van der Waals surface area contributed by atoms with Crippen molar-refractivity contribution in [2.45, 2.75) is 44.9 Å². The topological polar surface area (TPSA) is 21.3 Å². The summed E-state index contributed by atoms with van der Waals surface area (Å²) in [4.78, 5) is 3.86. The Morgan fingerprint density at radius 2 is 1.64 bits per heavy atom. The van der Waals surface area contributed by atoms with Crippen molar-refractivity contribution in [2.75, 3.05) is 7.11 Å². The van der Waals surface area contributed by atoms with Crippen molar-refractivity contribution >= 4 is 39.1 Å². The second-order valence-electron chi connectivity index (χ2n) is 6.91. The van der Waals surface area contributed by atoms with Crippen LogP contribution in [-0.2, 0) is 30.6 Å². The average Bonchev–Trinajstić information content (AvgIpc) is 2.64. The molecule has 124 valence electrons. The molecular weight excluding hydrogens is 500 g/mol. The van der Waals surface area contributed by atoms with Gasteiger partial charge in [0.25, 0.3) is 0 Å². The number of rotatable bonds is 3. The molecule has 0 radical (unpaired) electrons. The number of allylic oxidation sites excluding steroid dienone is 1. The fourth-order valence-corrected chi connectivity index (χ4v) is 7.29. The van der Waals surface area contributed by atoms with Crippen LogP contribution >= 0.6 is 24.8 Å². The first-order valence-electron chi connectivity index (χ1n) is 6.88. The van der Waals surface area contributed by atoms with Gasteiger partial charge in [0.2, 0.25) is 0 Å². The molecule has 0 fully saturated rings. The van der Waals surface area contributed by atoms with E-state index in [4.69, 9.17) is 4.74 Å². The molecule has 1 aliphatic rings. The molecule has 22 heavy (non-hydrogen) atoms. The second kappa shape index (κ2) is 9.02. The molecule has 1 unspecified atom stereocenters. The molecule has 1 atom stereocenters. The van der Waals surface area contributed by atoms with Crippen LogP contribution in [0.5, 0.6) is 0 Å². The molecule has 0 heterocycles. The minimum Gasteiger partial charge on any atom is -0.501 e. The largest absolute Gasteiger partial charge is 0.501 e. The Morgan fingerprint density at radius 1 is 1.09 bits per heavy atom. The number of methoxy groups -OCH3 is 1. The number of benzene rings is 1. The molecule has 2 nitrogen and oxygen atoms in total. The van der Waals surface area contributed by atoms with Gasteiger partial charge in [-0.15, -0.1) is 24.8 Å². The summed E-state index contributed by atoms with van der Waals surface area (Å²) < 4.78 is 5.66. The molecule has 1 N–H and O–H groups in total. The van der Waals surface area contributed by atoms with Gasteiger partial charge in [0.05, 0.1) is 12.7 Å². The van der Waals surface area contributed by atoms with Crippen LogP contribution in [0.25, 0.3) is 6.08 Å². The Kier molecular flexibility index (Phi) is 10.1. The van der Waals surface area contributed by atoms with Gasteiger partial charge in [0, 0.05) is 31.4 Å². The van der Waals surface area contributed by atoms with Crippen LogP contribution in [0.2, 0.25) is 13.1 Å². The fourth-order valence-electron chi connectivity index (χ4n) is 3.25. The number of hydrogen-bond acceptors (Lipinski definition) is 2. The van der Waals surface area contributed by atoms with Gasteiger partial charge in [-0.3, -0.25) is 0 Å². The van der Waals surface area contributed by atoms with E-state index in [9.17, 15) is 0 Å². The van der Waals surface area contributed by atoms with Crippen LogP contribution in [0.15, 0.2) is 30.0 Å². The van der Waals surface area contributed by atoms with Crippen LogP contribution in [0.4, 0.5) is 0 Å². The SMILES string of the molecule is COC1=Cc2ccccc2C1[Si](C)(C)NC(C)(C)C.Cl.Cl.[Hf]. The minimum atomic E-state index is -1.68. The van der Waals surface area contributed by atoms with Crippen molar-refractivity contribution in [2.24, 2.45) is 0 Å². The zero-order valence-electron chi connectivity index (χ0n) is 14.2. The van der Waals surface area contributed by atoms with Crippen LogP contribution < -0.4 is 4.98 Å². The van der Waals surface area contributed by atoms with E-state index < -0.39 is 8.24 Å². The summed E-state index contributed by atoms with van der Waals surface area (Å²) in [6.07, 6.45) is 2.19. The fraction of sp³-hybridized carbons (Fsp3) is 0.500. The summed E-state index contributed by atoms with van der Waals surface area (Å²) in [5.74, 6) is 1.11. The van der Waals surface area contributed by atoms with Gasteiger partial charge in [0.1, 0.15) is 14.0 Å². The number of halogens is 2. The Labute approximate surface area is 167 Å². The number of nitrogens with one attached hydrogen (secondary N) is 1. The van der Waals surface area contributed by atoms with Crippen molar-refractivity contribution in [3.05, 3.63) is 41.2 Å². The molecule has 0 saturated heterocycles. The third kappa shape index (κ3) is 5.48. The molecule has 0 bridgehead atoms. The molecule has 1 aliphatic carbocycles. The quantitative estimate of drug-likeness (QED) is 0.574. The van der Waals surface area contributed by atoms with E-state index in [0.717, 1.165) is 5.76 Å². The summed E-state index contributed by atoms with van der Waals surface area (Å²) in [7, 11) is 0.0998.